The predicted molar refractivity (Wildman–Crippen MR) is 73.0 cm³/mol. The molecule has 7 heteroatoms. The first-order chi connectivity index (χ1) is 9.25. The van der Waals surface area contributed by atoms with Crippen LogP contribution in [-0.4, -0.2) is 73.4 Å². The molecule has 0 saturated carbocycles. The molecule has 3 saturated heterocycles. The summed E-state index contributed by atoms with van der Waals surface area (Å²) >= 11 is 0. The van der Waals surface area contributed by atoms with Gasteiger partial charge in [-0.2, -0.15) is 11.0 Å². The molecule has 0 amide bonds. The van der Waals surface area contributed by atoms with E-state index in [2.05, 4.69) is 33.0 Å². The molecule has 3 rings (SSSR count). The minimum absolute atomic E-state index is 0.272. The van der Waals surface area contributed by atoms with Crippen molar-refractivity contribution in [1.82, 2.24) is 26.1 Å². The van der Waals surface area contributed by atoms with Gasteiger partial charge in [-0.15, -0.1) is 0 Å². The van der Waals surface area contributed by atoms with Crippen LogP contribution in [0.25, 0.3) is 0 Å². The standard InChI is InChI=1S/C12H26N6O/c1-9-12(16-19-15-9)18-6-4-17(5-7-18)11-2-3-14-8-10(11)13/h9-12,14-16H,2-8,13H2,1H3. The highest BCUT2D eigenvalue weighted by atomic mass is 16.8. The van der Waals surface area contributed by atoms with Crippen LogP contribution >= 0.6 is 0 Å². The number of piperidine rings is 1. The van der Waals surface area contributed by atoms with Crippen molar-refractivity contribution in [2.45, 2.75) is 37.6 Å². The van der Waals surface area contributed by atoms with Crippen molar-refractivity contribution in [3.05, 3.63) is 0 Å². The van der Waals surface area contributed by atoms with Gasteiger partial charge in [-0.1, -0.05) is 0 Å². The number of nitrogens with one attached hydrogen (secondary N) is 3. The van der Waals surface area contributed by atoms with Crippen molar-refractivity contribution < 1.29 is 4.94 Å². The third kappa shape index (κ3) is 2.92. The lowest BCUT2D eigenvalue weighted by Crippen LogP contribution is -2.63. The SMILES string of the molecule is CC1NONC1N1CCN(C2CCNCC2N)CC1. The summed E-state index contributed by atoms with van der Waals surface area (Å²) in [5.41, 5.74) is 12.2. The molecule has 0 aromatic carbocycles. The maximum Gasteiger partial charge on any atom is 0.103 e. The first-order valence-corrected chi connectivity index (χ1v) is 7.37. The van der Waals surface area contributed by atoms with Crippen LogP contribution in [0.1, 0.15) is 13.3 Å². The molecule has 5 N–H and O–H groups in total. The fourth-order valence-electron chi connectivity index (χ4n) is 3.41. The molecule has 3 aliphatic heterocycles. The van der Waals surface area contributed by atoms with E-state index in [1.165, 1.54) is 6.42 Å². The third-order valence-electron chi connectivity index (χ3n) is 4.60. The highest BCUT2D eigenvalue weighted by Gasteiger charge is 2.35. The van der Waals surface area contributed by atoms with Crippen molar-refractivity contribution in [3.8, 4) is 0 Å². The zero-order valence-electron chi connectivity index (χ0n) is 11.6. The van der Waals surface area contributed by atoms with Crippen molar-refractivity contribution in [1.29, 1.82) is 0 Å². The normalized spacial score (nSPS) is 42.6. The van der Waals surface area contributed by atoms with E-state index in [9.17, 15) is 0 Å². The highest BCUT2D eigenvalue weighted by molar-refractivity contribution is 4.91. The number of hydrogen-bond acceptors (Lipinski definition) is 7. The Labute approximate surface area is 114 Å². The first kappa shape index (κ1) is 13.7. The molecule has 0 aromatic rings. The molecular formula is C12H26N6O. The number of nitrogens with two attached hydrogens (primary N) is 1. The summed E-state index contributed by atoms with van der Waals surface area (Å²) in [6, 6.07) is 1.15. The molecule has 0 aromatic heterocycles. The molecule has 110 valence electrons. The van der Waals surface area contributed by atoms with Gasteiger partial charge in [0.2, 0.25) is 0 Å². The summed E-state index contributed by atoms with van der Waals surface area (Å²) in [6.07, 6.45) is 1.45. The van der Waals surface area contributed by atoms with Crippen LogP contribution in [0.3, 0.4) is 0 Å². The summed E-state index contributed by atoms with van der Waals surface area (Å²) in [7, 11) is 0. The van der Waals surface area contributed by atoms with Gasteiger partial charge in [-0.3, -0.25) is 9.80 Å². The Kier molecular flexibility index (Phi) is 4.33. The first-order valence-electron chi connectivity index (χ1n) is 7.37. The Morgan fingerprint density at radius 1 is 1.11 bits per heavy atom. The molecule has 0 aliphatic carbocycles. The fraction of sp³-hybridized carbons (Fsp3) is 1.00. The molecule has 4 atom stereocenters. The van der Waals surface area contributed by atoms with E-state index in [1.807, 2.05) is 0 Å². The Bertz CT molecular complexity index is 296. The molecule has 0 bridgehead atoms. The van der Waals surface area contributed by atoms with Crippen LogP contribution in [0, 0.1) is 0 Å². The largest absolute Gasteiger partial charge is 0.325 e. The summed E-state index contributed by atoms with van der Waals surface area (Å²) < 4.78 is 0. The second-order valence-corrected chi connectivity index (χ2v) is 5.87. The van der Waals surface area contributed by atoms with E-state index < -0.39 is 0 Å². The van der Waals surface area contributed by atoms with Crippen molar-refractivity contribution in [3.63, 3.8) is 0 Å². The lowest BCUT2D eigenvalue weighted by Gasteiger charge is -2.44. The summed E-state index contributed by atoms with van der Waals surface area (Å²) in [5, 5.41) is 3.37. The molecule has 3 heterocycles. The van der Waals surface area contributed by atoms with Gasteiger partial charge in [0.05, 0.1) is 6.04 Å². The smallest absolute Gasteiger partial charge is 0.103 e. The Balaban J connectivity index is 1.51. The summed E-state index contributed by atoms with van der Waals surface area (Å²) in [5.74, 6) is 0. The van der Waals surface area contributed by atoms with Gasteiger partial charge >= 0.3 is 0 Å². The molecule has 4 unspecified atom stereocenters. The van der Waals surface area contributed by atoms with Gasteiger partial charge in [-0.05, 0) is 19.9 Å². The maximum atomic E-state index is 6.23. The quantitative estimate of drug-likeness (QED) is 0.464. The monoisotopic (exact) mass is 270 g/mol. The van der Waals surface area contributed by atoms with E-state index in [1.54, 1.807) is 0 Å². The van der Waals surface area contributed by atoms with Gasteiger partial charge in [0, 0.05) is 44.8 Å². The van der Waals surface area contributed by atoms with Gasteiger partial charge in [0.25, 0.3) is 0 Å². The maximum absolute atomic E-state index is 6.23. The lowest BCUT2D eigenvalue weighted by atomic mass is 9.99. The Hall–Kier alpha value is -0.280. The predicted octanol–water partition coefficient (Wildman–Crippen LogP) is -1.95. The van der Waals surface area contributed by atoms with Crippen molar-refractivity contribution >= 4 is 0 Å². The average Bonchev–Trinajstić information content (AvgIpc) is 2.86. The van der Waals surface area contributed by atoms with E-state index in [0.717, 1.165) is 39.3 Å². The van der Waals surface area contributed by atoms with E-state index >= 15 is 0 Å². The van der Waals surface area contributed by atoms with Gasteiger partial charge < -0.3 is 11.1 Å². The molecule has 0 radical (unpaired) electrons. The molecule has 19 heavy (non-hydrogen) atoms. The molecule has 3 fully saturated rings. The second kappa shape index (κ2) is 6.01. The second-order valence-electron chi connectivity index (χ2n) is 5.87. The molecule has 0 spiro atoms. The van der Waals surface area contributed by atoms with E-state index in [0.29, 0.717) is 12.1 Å². The van der Waals surface area contributed by atoms with Crippen LogP contribution in [0.2, 0.25) is 0 Å². The van der Waals surface area contributed by atoms with Gasteiger partial charge in [-0.25, -0.2) is 4.94 Å². The van der Waals surface area contributed by atoms with E-state index in [4.69, 9.17) is 10.7 Å². The number of piperazine rings is 1. The zero-order valence-corrected chi connectivity index (χ0v) is 11.6. The number of nitrogens with zero attached hydrogens (tertiary/aromatic N) is 2. The topological polar surface area (TPSA) is 77.8 Å². The van der Waals surface area contributed by atoms with Gasteiger partial charge in [0.1, 0.15) is 6.17 Å². The van der Waals surface area contributed by atoms with Crippen LogP contribution in [0.4, 0.5) is 0 Å². The number of hydroxylamine groups is 2. The van der Waals surface area contributed by atoms with Crippen LogP contribution in [-0.2, 0) is 4.94 Å². The Morgan fingerprint density at radius 2 is 1.84 bits per heavy atom. The van der Waals surface area contributed by atoms with Crippen molar-refractivity contribution in [2.75, 3.05) is 39.3 Å². The number of hydrogen-bond donors (Lipinski definition) is 4. The third-order valence-corrected chi connectivity index (χ3v) is 4.60. The van der Waals surface area contributed by atoms with E-state index in [-0.39, 0.29) is 12.2 Å². The zero-order chi connectivity index (χ0) is 13.2. The van der Waals surface area contributed by atoms with Gasteiger partial charge in [0.15, 0.2) is 0 Å². The average molecular weight is 270 g/mol. The minimum Gasteiger partial charge on any atom is -0.325 e. The lowest BCUT2D eigenvalue weighted by molar-refractivity contribution is -0.0193. The van der Waals surface area contributed by atoms with Crippen molar-refractivity contribution in [2.24, 2.45) is 5.73 Å². The van der Waals surface area contributed by atoms with Crippen LogP contribution in [0.15, 0.2) is 0 Å². The molecule has 7 nitrogen and oxygen atoms in total. The fourth-order valence-corrected chi connectivity index (χ4v) is 3.41. The minimum atomic E-state index is 0.272. The van der Waals surface area contributed by atoms with Crippen LogP contribution < -0.4 is 22.0 Å². The molecular weight excluding hydrogens is 244 g/mol. The summed E-state index contributed by atoms with van der Waals surface area (Å²) in [4.78, 5) is 10.1. The summed E-state index contributed by atoms with van der Waals surface area (Å²) in [6.45, 7) is 8.53. The highest BCUT2D eigenvalue weighted by Crippen LogP contribution is 2.16. The Morgan fingerprint density at radius 3 is 2.47 bits per heavy atom. The molecule has 3 aliphatic rings. The number of rotatable bonds is 2. The van der Waals surface area contributed by atoms with Crippen LogP contribution in [0.5, 0.6) is 0 Å².